The van der Waals surface area contributed by atoms with E-state index in [1.807, 2.05) is 13.8 Å². The summed E-state index contributed by atoms with van der Waals surface area (Å²) in [6.07, 6.45) is 8.22. The van der Waals surface area contributed by atoms with E-state index < -0.39 is 5.60 Å². The third-order valence-corrected chi connectivity index (χ3v) is 4.62. The molecule has 0 unspecified atom stereocenters. The van der Waals surface area contributed by atoms with Crippen molar-refractivity contribution in [2.75, 3.05) is 11.9 Å². The van der Waals surface area contributed by atoms with Crippen molar-refractivity contribution in [3.63, 3.8) is 0 Å². The highest BCUT2D eigenvalue weighted by Crippen LogP contribution is 2.33. The third-order valence-electron chi connectivity index (χ3n) is 4.62. The molecule has 0 amide bonds. The van der Waals surface area contributed by atoms with Gasteiger partial charge >= 0.3 is 0 Å². The van der Waals surface area contributed by atoms with Crippen LogP contribution in [0.2, 0.25) is 0 Å². The minimum Gasteiger partial charge on any atom is -0.388 e. The van der Waals surface area contributed by atoms with E-state index in [0.717, 1.165) is 31.6 Å². The van der Waals surface area contributed by atoms with E-state index in [0.29, 0.717) is 12.4 Å². The predicted molar refractivity (Wildman–Crippen MR) is 84.6 cm³/mol. The van der Waals surface area contributed by atoms with Gasteiger partial charge in [0.05, 0.1) is 5.60 Å². The quantitative estimate of drug-likeness (QED) is 0.875. The summed E-state index contributed by atoms with van der Waals surface area (Å²) in [6, 6.07) is 0.101. The minimum atomic E-state index is -0.710. The Labute approximate surface area is 126 Å². The van der Waals surface area contributed by atoms with Crippen molar-refractivity contribution in [3.05, 3.63) is 22.7 Å². The summed E-state index contributed by atoms with van der Waals surface area (Å²) in [6.45, 7) is 6.53. The smallest absolute Gasteiger partial charge is 0.293 e. The van der Waals surface area contributed by atoms with Crippen molar-refractivity contribution in [1.29, 1.82) is 0 Å². The molecule has 5 nitrogen and oxygen atoms in total. The second-order valence-electron chi connectivity index (χ2n) is 6.51. The lowest BCUT2D eigenvalue weighted by Crippen LogP contribution is -2.41. The Bertz CT molecular complexity index is 516. The molecule has 1 fully saturated rings. The van der Waals surface area contributed by atoms with Gasteiger partial charge in [-0.05, 0) is 45.4 Å². The minimum absolute atomic E-state index is 0.101. The molecule has 2 N–H and O–H groups in total. The van der Waals surface area contributed by atoms with Gasteiger partial charge in [-0.25, -0.2) is 4.98 Å². The highest BCUT2D eigenvalue weighted by Gasteiger charge is 2.32. The summed E-state index contributed by atoms with van der Waals surface area (Å²) in [7, 11) is 0. The number of hydrogen-bond donors (Lipinski definition) is 2. The summed E-state index contributed by atoms with van der Waals surface area (Å²) in [5.74, 6) is 1.07. The van der Waals surface area contributed by atoms with Crippen LogP contribution in [-0.4, -0.2) is 26.8 Å². The highest BCUT2D eigenvalue weighted by atomic mass is 16.3. The Kier molecular flexibility index (Phi) is 5.04. The second kappa shape index (κ2) is 6.60. The first-order chi connectivity index (χ1) is 9.95. The molecule has 0 bridgehead atoms. The summed E-state index contributed by atoms with van der Waals surface area (Å²) in [5, 5.41) is 13.7. The third kappa shape index (κ3) is 3.84. The van der Waals surface area contributed by atoms with E-state index in [4.69, 9.17) is 0 Å². The number of nitrogens with zero attached hydrogens (tertiary/aromatic N) is 2. The molecule has 5 heteroatoms. The molecule has 0 radical (unpaired) electrons. The van der Waals surface area contributed by atoms with Crippen LogP contribution in [-0.2, 0) is 0 Å². The van der Waals surface area contributed by atoms with Gasteiger partial charge in [-0.2, -0.15) is 0 Å². The molecule has 1 aliphatic carbocycles. The van der Waals surface area contributed by atoms with Crippen molar-refractivity contribution in [3.8, 4) is 0 Å². The molecule has 1 aromatic heterocycles. The van der Waals surface area contributed by atoms with Crippen LogP contribution >= 0.6 is 0 Å². The molecule has 0 spiro atoms. The second-order valence-corrected chi connectivity index (χ2v) is 6.51. The van der Waals surface area contributed by atoms with Crippen LogP contribution in [0, 0.1) is 5.92 Å². The average Bonchev–Trinajstić information content (AvgIpc) is 2.47. The molecule has 0 aromatic carbocycles. The zero-order valence-corrected chi connectivity index (χ0v) is 13.3. The van der Waals surface area contributed by atoms with E-state index >= 15 is 0 Å². The van der Waals surface area contributed by atoms with Crippen LogP contribution in [0.3, 0.4) is 0 Å². The average molecular weight is 293 g/mol. The molecule has 0 aliphatic heterocycles. The maximum absolute atomic E-state index is 12.2. The number of anilines is 1. The normalized spacial score (nSPS) is 26.0. The van der Waals surface area contributed by atoms with Crippen molar-refractivity contribution in [1.82, 2.24) is 9.55 Å². The summed E-state index contributed by atoms with van der Waals surface area (Å²) in [4.78, 5) is 16.4. The van der Waals surface area contributed by atoms with Gasteiger partial charge in [0.2, 0.25) is 0 Å². The first-order valence-corrected chi connectivity index (χ1v) is 7.98. The highest BCUT2D eigenvalue weighted by molar-refractivity contribution is 5.31. The van der Waals surface area contributed by atoms with E-state index in [2.05, 4.69) is 17.2 Å². The van der Waals surface area contributed by atoms with E-state index in [9.17, 15) is 9.90 Å². The number of hydrogen-bond acceptors (Lipinski definition) is 4. The Morgan fingerprint density at radius 3 is 2.71 bits per heavy atom. The standard InChI is InChI=1S/C16H27N3O2/c1-4-13-5-7-16(21,8-6-13)11-18-14-15(20)19(12(2)3)10-9-17-14/h9-10,12-13,21H,4-8,11H2,1-3H3,(H,17,18). The SMILES string of the molecule is CCC1CCC(O)(CNc2nccn(C(C)C)c2=O)CC1. The zero-order valence-electron chi connectivity index (χ0n) is 13.3. The molecule has 1 aliphatic rings. The molecule has 1 saturated carbocycles. The van der Waals surface area contributed by atoms with Crippen LogP contribution in [0.4, 0.5) is 5.82 Å². The fraction of sp³-hybridized carbons (Fsp3) is 0.750. The van der Waals surface area contributed by atoms with Crippen molar-refractivity contribution in [2.24, 2.45) is 5.92 Å². The van der Waals surface area contributed by atoms with Crippen LogP contribution in [0.1, 0.15) is 58.9 Å². The lowest BCUT2D eigenvalue weighted by Gasteiger charge is -2.35. The number of nitrogens with one attached hydrogen (secondary N) is 1. The van der Waals surface area contributed by atoms with Gasteiger partial charge < -0.3 is 15.0 Å². The molecule has 0 saturated heterocycles. The van der Waals surface area contributed by atoms with Crippen LogP contribution in [0.5, 0.6) is 0 Å². The Hall–Kier alpha value is -1.36. The summed E-state index contributed by atoms with van der Waals surface area (Å²) >= 11 is 0. The molecule has 1 heterocycles. The number of aromatic nitrogens is 2. The monoisotopic (exact) mass is 293 g/mol. The summed E-state index contributed by atoms with van der Waals surface area (Å²) in [5.41, 5.74) is -0.837. The van der Waals surface area contributed by atoms with Gasteiger partial charge in [-0.15, -0.1) is 0 Å². The predicted octanol–water partition coefficient (Wildman–Crippen LogP) is 2.57. The van der Waals surface area contributed by atoms with E-state index in [1.54, 1.807) is 17.0 Å². The largest absolute Gasteiger partial charge is 0.388 e. The van der Waals surface area contributed by atoms with Crippen molar-refractivity contribution < 1.29 is 5.11 Å². The maximum atomic E-state index is 12.2. The fourth-order valence-electron chi connectivity index (χ4n) is 3.00. The Balaban J connectivity index is 2.00. The molecular weight excluding hydrogens is 266 g/mol. The Morgan fingerprint density at radius 1 is 1.48 bits per heavy atom. The molecular formula is C16H27N3O2. The topological polar surface area (TPSA) is 67.2 Å². The molecule has 118 valence electrons. The maximum Gasteiger partial charge on any atom is 0.293 e. The molecule has 21 heavy (non-hydrogen) atoms. The number of rotatable bonds is 5. The molecule has 1 aromatic rings. The van der Waals surface area contributed by atoms with Gasteiger partial charge in [0.1, 0.15) is 0 Å². The van der Waals surface area contributed by atoms with Gasteiger partial charge in [-0.1, -0.05) is 13.3 Å². The van der Waals surface area contributed by atoms with Gasteiger partial charge in [0, 0.05) is 25.0 Å². The summed E-state index contributed by atoms with van der Waals surface area (Å²) < 4.78 is 1.65. The van der Waals surface area contributed by atoms with Gasteiger partial charge in [-0.3, -0.25) is 4.79 Å². The Morgan fingerprint density at radius 2 is 2.14 bits per heavy atom. The van der Waals surface area contributed by atoms with Crippen LogP contribution < -0.4 is 10.9 Å². The molecule has 0 atom stereocenters. The fourth-order valence-corrected chi connectivity index (χ4v) is 3.00. The zero-order chi connectivity index (χ0) is 15.5. The van der Waals surface area contributed by atoms with Gasteiger partial charge in [0.25, 0.3) is 5.56 Å². The number of aliphatic hydroxyl groups is 1. The van der Waals surface area contributed by atoms with Crippen molar-refractivity contribution in [2.45, 2.75) is 64.5 Å². The van der Waals surface area contributed by atoms with E-state index in [1.165, 1.54) is 6.42 Å². The first-order valence-electron chi connectivity index (χ1n) is 7.98. The first kappa shape index (κ1) is 16.0. The van der Waals surface area contributed by atoms with E-state index in [-0.39, 0.29) is 11.6 Å². The van der Waals surface area contributed by atoms with Gasteiger partial charge in [0.15, 0.2) is 5.82 Å². The lowest BCUT2D eigenvalue weighted by atomic mass is 9.78. The van der Waals surface area contributed by atoms with Crippen molar-refractivity contribution >= 4 is 5.82 Å². The lowest BCUT2D eigenvalue weighted by molar-refractivity contribution is 0.00220. The molecule has 2 rings (SSSR count). The van der Waals surface area contributed by atoms with Crippen LogP contribution in [0.15, 0.2) is 17.2 Å². The van der Waals surface area contributed by atoms with Crippen LogP contribution in [0.25, 0.3) is 0 Å².